The Kier molecular flexibility index (Phi) is 4.54. The van der Waals surface area contributed by atoms with Crippen LogP contribution in [-0.2, 0) is 17.8 Å². The van der Waals surface area contributed by atoms with Crippen LogP contribution in [0.4, 0.5) is 0 Å². The minimum Gasteiger partial charge on any atom is -0.343 e. The molecule has 3 rings (SSSR count). The second-order valence-electron chi connectivity index (χ2n) is 5.25. The summed E-state index contributed by atoms with van der Waals surface area (Å²) in [6.07, 6.45) is 2.46. The monoisotopic (exact) mass is 352 g/mol. The number of nitrogens with zero attached hydrogens (tertiary/aromatic N) is 2. The number of benzene rings is 1. The molecule has 2 heterocycles. The second-order valence-corrected chi connectivity index (χ2v) is 6.07. The van der Waals surface area contributed by atoms with Crippen molar-refractivity contribution >= 4 is 35.0 Å². The molecule has 2 aromatic rings. The largest absolute Gasteiger partial charge is 0.343 e. The number of hydrogen-bond donors (Lipinski definition) is 2. The third kappa shape index (κ3) is 3.48. The van der Waals surface area contributed by atoms with Crippen molar-refractivity contribution in [1.82, 2.24) is 20.4 Å². The summed E-state index contributed by atoms with van der Waals surface area (Å²) >= 11 is 11.7. The van der Waals surface area contributed by atoms with Crippen LogP contribution in [0.2, 0.25) is 10.0 Å². The predicted octanol–water partition coefficient (Wildman–Crippen LogP) is 2.03. The Bertz CT molecular complexity index is 760. The number of nitrogens with one attached hydrogen (secondary N) is 2. The molecule has 0 aliphatic carbocycles. The van der Waals surface area contributed by atoms with Crippen molar-refractivity contribution in [1.29, 1.82) is 0 Å². The van der Waals surface area contributed by atoms with Gasteiger partial charge in [0.15, 0.2) is 0 Å². The maximum Gasteiger partial charge on any atom is 0.251 e. The van der Waals surface area contributed by atoms with Crippen molar-refractivity contribution in [2.45, 2.75) is 13.0 Å². The highest BCUT2D eigenvalue weighted by Gasteiger charge is 2.22. The number of amides is 2. The van der Waals surface area contributed by atoms with E-state index >= 15 is 0 Å². The van der Waals surface area contributed by atoms with Crippen LogP contribution in [0.1, 0.15) is 21.6 Å². The molecule has 0 bridgehead atoms. The lowest BCUT2D eigenvalue weighted by Crippen LogP contribution is -2.42. The lowest BCUT2D eigenvalue weighted by molar-refractivity contribution is -0.131. The minimum absolute atomic E-state index is 0.0632. The molecule has 0 saturated heterocycles. The lowest BCUT2D eigenvalue weighted by atomic mass is 10.1. The summed E-state index contributed by atoms with van der Waals surface area (Å²) in [5, 5.41) is 10.2. The van der Waals surface area contributed by atoms with Gasteiger partial charge in [0.25, 0.3) is 5.91 Å². The Labute approximate surface area is 142 Å². The van der Waals surface area contributed by atoms with E-state index < -0.39 is 0 Å². The molecule has 0 atom stereocenters. The highest BCUT2D eigenvalue weighted by molar-refractivity contribution is 6.42. The first-order chi connectivity index (χ1) is 11.0. The average Bonchev–Trinajstić information content (AvgIpc) is 3.02. The van der Waals surface area contributed by atoms with E-state index in [1.165, 1.54) is 6.07 Å². The molecular weight excluding hydrogens is 339 g/mol. The van der Waals surface area contributed by atoms with Gasteiger partial charge < -0.3 is 10.2 Å². The van der Waals surface area contributed by atoms with Crippen LogP contribution < -0.4 is 5.32 Å². The van der Waals surface area contributed by atoms with Crippen molar-refractivity contribution in [2.24, 2.45) is 0 Å². The van der Waals surface area contributed by atoms with Crippen LogP contribution in [0.5, 0.6) is 0 Å². The first-order valence-corrected chi connectivity index (χ1v) is 7.82. The van der Waals surface area contributed by atoms with E-state index in [2.05, 4.69) is 15.5 Å². The summed E-state index contributed by atoms with van der Waals surface area (Å²) in [6.45, 7) is 1.05. The van der Waals surface area contributed by atoms with Gasteiger partial charge in [-0.3, -0.25) is 14.7 Å². The molecule has 1 aliphatic rings. The van der Waals surface area contributed by atoms with Gasteiger partial charge in [-0.25, -0.2) is 0 Å². The molecular formula is C15H14Cl2N4O2. The summed E-state index contributed by atoms with van der Waals surface area (Å²) in [4.78, 5) is 26.0. The molecule has 2 amide bonds. The van der Waals surface area contributed by atoms with Crippen LogP contribution in [0, 0.1) is 0 Å². The predicted molar refractivity (Wildman–Crippen MR) is 86.5 cm³/mol. The molecule has 6 nitrogen and oxygen atoms in total. The van der Waals surface area contributed by atoms with Crippen LogP contribution >= 0.6 is 23.2 Å². The van der Waals surface area contributed by atoms with E-state index in [-0.39, 0.29) is 18.4 Å². The fraction of sp³-hybridized carbons (Fsp3) is 0.267. The van der Waals surface area contributed by atoms with Gasteiger partial charge in [-0.1, -0.05) is 23.2 Å². The van der Waals surface area contributed by atoms with Gasteiger partial charge >= 0.3 is 0 Å². The van der Waals surface area contributed by atoms with Gasteiger partial charge in [-0.05, 0) is 18.2 Å². The Hall–Kier alpha value is -2.05. The molecule has 0 radical (unpaired) electrons. The SMILES string of the molecule is O=C(NCC(=O)N1CCc2[nH]ncc2C1)c1ccc(Cl)c(Cl)c1. The van der Waals surface area contributed by atoms with Gasteiger partial charge in [0.1, 0.15) is 0 Å². The van der Waals surface area contributed by atoms with Gasteiger partial charge in [0, 0.05) is 36.3 Å². The maximum absolute atomic E-state index is 12.2. The molecule has 23 heavy (non-hydrogen) atoms. The number of halogens is 2. The Morgan fingerprint density at radius 1 is 1.30 bits per heavy atom. The van der Waals surface area contributed by atoms with E-state index in [1.54, 1.807) is 23.2 Å². The summed E-state index contributed by atoms with van der Waals surface area (Å²) in [5.41, 5.74) is 2.44. The Morgan fingerprint density at radius 2 is 2.13 bits per heavy atom. The second kappa shape index (κ2) is 6.60. The number of fused-ring (bicyclic) bond motifs is 1. The number of carbonyl (C=O) groups is 2. The molecule has 0 spiro atoms. The van der Waals surface area contributed by atoms with Crippen molar-refractivity contribution in [3.8, 4) is 0 Å². The number of carbonyl (C=O) groups excluding carboxylic acids is 2. The zero-order valence-electron chi connectivity index (χ0n) is 12.1. The molecule has 0 unspecified atom stereocenters. The van der Waals surface area contributed by atoms with E-state index in [4.69, 9.17) is 23.2 Å². The highest BCUT2D eigenvalue weighted by atomic mass is 35.5. The molecule has 2 N–H and O–H groups in total. The van der Waals surface area contributed by atoms with Crippen LogP contribution in [0.25, 0.3) is 0 Å². The maximum atomic E-state index is 12.2. The molecule has 1 aromatic carbocycles. The third-order valence-corrected chi connectivity index (χ3v) is 4.47. The number of aromatic nitrogens is 2. The number of hydrogen-bond acceptors (Lipinski definition) is 3. The van der Waals surface area contributed by atoms with Crippen molar-refractivity contribution in [2.75, 3.05) is 13.1 Å². The standard InChI is InChI=1S/C15H14Cl2N4O2/c16-11-2-1-9(5-12(11)17)15(23)18-7-14(22)21-4-3-13-10(8-21)6-19-20-13/h1-2,5-6H,3-4,7-8H2,(H,18,23)(H,19,20). The van der Waals surface area contributed by atoms with E-state index in [9.17, 15) is 9.59 Å². The van der Waals surface area contributed by atoms with Gasteiger partial charge in [-0.2, -0.15) is 5.10 Å². The Morgan fingerprint density at radius 3 is 2.91 bits per heavy atom. The summed E-state index contributed by atoms with van der Waals surface area (Å²) in [5.74, 6) is -0.497. The minimum atomic E-state index is -0.363. The zero-order valence-corrected chi connectivity index (χ0v) is 13.6. The topological polar surface area (TPSA) is 78.1 Å². The average molecular weight is 353 g/mol. The fourth-order valence-corrected chi connectivity index (χ4v) is 2.74. The van der Waals surface area contributed by atoms with Crippen LogP contribution in [0.3, 0.4) is 0 Å². The number of aromatic amines is 1. The highest BCUT2D eigenvalue weighted by Crippen LogP contribution is 2.22. The van der Waals surface area contributed by atoms with E-state index in [1.807, 2.05) is 0 Å². The molecule has 1 aromatic heterocycles. The number of H-pyrrole nitrogens is 1. The molecule has 120 valence electrons. The van der Waals surface area contributed by atoms with Gasteiger partial charge in [0.2, 0.25) is 5.91 Å². The normalized spacial score (nSPS) is 13.6. The Balaban J connectivity index is 1.57. The summed E-state index contributed by atoms with van der Waals surface area (Å²) in [6, 6.07) is 4.58. The van der Waals surface area contributed by atoms with Crippen LogP contribution in [0.15, 0.2) is 24.4 Å². The first-order valence-electron chi connectivity index (χ1n) is 7.07. The number of rotatable bonds is 3. The molecule has 0 fully saturated rings. The van der Waals surface area contributed by atoms with Crippen molar-refractivity contribution in [3.63, 3.8) is 0 Å². The molecule has 1 aliphatic heterocycles. The lowest BCUT2D eigenvalue weighted by Gasteiger charge is -2.26. The van der Waals surface area contributed by atoms with E-state index in [0.717, 1.165) is 17.7 Å². The third-order valence-electron chi connectivity index (χ3n) is 3.74. The smallest absolute Gasteiger partial charge is 0.251 e. The van der Waals surface area contributed by atoms with Crippen molar-refractivity contribution in [3.05, 3.63) is 51.3 Å². The molecule has 0 saturated carbocycles. The fourth-order valence-electron chi connectivity index (χ4n) is 2.44. The van der Waals surface area contributed by atoms with E-state index in [0.29, 0.717) is 28.7 Å². The quantitative estimate of drug-likeness (QED) is 0.886. The van der Waals surface area contributed by atoms with Gasteiger partial charge in [-0.15, -0.1) is 0 Å². The summed E-state index contributed by atoms with van der Waals surface area (Å²) < 4.78 is 0. The molecule has 8 heteroatoms. The first kappa shape index (κ1) is 15.8. The van der Waals surface area contributed by atoms with Gasteiger partial charge in [0.05, 0.1) is 22.8 Å². The summed E-state index contributed by atoms with van der Waals surface area (Å²) in [7, 11) is 0. The zero-order chi connectivity index (χ0) is 16.4. The van der Waals surface area contributed by atoms with Crippen LogP contribution in [-0.4, -0.2) is 40.0 Å². The van der Waals surface area contributed by atoms with Crippen molar-refractivity contribution < 1.29 is 9.59 Å².